The van der Waals surface area contributed by atoms with Crippen molar-refractivity contribution in [2.75, 3.05) is 5.75 Å². The molecule has 0 saturated heterocycles. The summed E-state index contributed by atoms with van der Waals surface area (Å²) in [7, 11) is -2.98. The molecule has 1 N–H and O–H groups in total. The monoisotopic (exact) mass is 290 g/mol. The third kappa shape index (κ3) is 4.66. The van der Waals surface area contributed by atoms with Gasteiger partial charge in [-0.25, -0.2) is 13.4 Å². The molecule has 0 radical (unpaired) electrons. The fraction of sp³-hybridized carbons (Fsp3) is 0.750. The molecule has 0 aliphatic carbocycles. The van der Waals surface area contributed by atoms with Gasteiger partial charge in [0.05, 0.1) is 5.69 Å². The Hall–Kier alpha value is -0.460. The molecule has 0 aliphatic heterocycles. The van der Waals surface area contributed by atoms with E-state index < -0.39 is 9.84 Å². The maximum Gasteiger partial charge on any atom is 0.156 e. The Kier molecular flexibility index (Phi) is 5.75. The third-order valence-electron chi connectivity index (χ3n) is 2.94. The number of nitrogens with zero attached hydrogens (tertiary/aromatic N) is 1. The van der Waals surface area contributed by atoms with Gasteiger partial charge in [0, 0.05) is 23.2 Å². The van der Waals surface area contributed by atoms with E-state index in [1.54, 1.807) is 6.92 Å². The zero-order valence-electron chi connectivity index (χ0n) is 11.5. The minimum absolute atomic E-state index is 0.0678. The summed E-state index contributed by atoms with van der Waals surface area (Å²) in [4.78, 5) is 5.48. The summed E-state index contributed by atoms with van der Waals surface area (Å²) in [6, 6.07) is 0.467. The van der Waals surface area contributed by atoms with Gasteiger partial charge in [-0.2, -0.15) is 0 Å². The zero-order chi connectivity index (χ0) is 13.8. The molecule has 0 bridgehead atoms. The number of rotatable bonds is 7. The third-order valence-corrected chi connectivity index (χ3v) is 5.88. The van der Waals surface area contributed by atoms with E-state index in [1.165, 1.54) is 11.3 Å². The molecule has 1 rings (SSSR count). The Labute approximate surface area is 114 Å². The van der Waals surface area contributed by atoms with Gasteiger partial charge in [0.25, 0.3) is 0 Å². The van der Waals surface area contributed by atoms with Crippen LogP contribution in [0, 0.1) is 6.92 Å². The van der Waals surface area contributed by atoms with Gasteiger partial charge in [0.1, 0.15) is 10.8 Å². The van der Waals surface area contributed by atoms with Crippen LogP contribution in [0.2, 0.25) is 0 Å². The average Bonchev–Trinajstić information content (AvgIpc) is 2.65. The van der Waals surface area contributed by atoms with Gasteiger partial charge in [-0.15, -0.1) is 11.3 Å². The maximum absolute atomic E-state index is 11.6. The normalized spacial score (nSPS) is 13.8. The van der Waals surface area contributed by atoms with E-state index in [0.717, 1.165) is 23.5 Å². The first-order chi connectivity index (χ1) is 8.38. The minimum atomic E-state index is -2.98. The van der Waals surface area contributed by atoms with Crippen LogP contribution in [0.15, 0.2) is 0 Å². The largest absolute Gasteiger partial charge is 0.309 e. The average molecular weight is 290 g/mol. The lowest BCUT2D eigenvalue weighted by Crippen LogP contribution is -2.24. The van der Waals surface area contributed by atoms with Crippen LogP contribution in [-0.2, 0) is 22.1 Å². The molecule has 6 heteroatoms. The first kappa shape index (κ1) is 15.6. The predicted octanol–water partition coefficient (Wildman–Crippen LogP) is 2.27. The Morgan fingerprint density at radius 2 is 2.06 bits per heavy atom. The highest BCUT2D eigenvalue weighted by molar-refractivity contribution is 7.90. The van der Waals surface area contributed by atoms with E-state index >= 15 is 0 Å². The van der Waals surface area contributed by atoms with Crippen LogP contribution in [-0.4, -0.2) is 25.2 Å². The van der Waals surface area contributed by atoms with Crippen molar-refractivity contribution in [1.82, 2.24) is 10.3 Å². The van der Waals surface area contributed by atoms with Crippen LogP contribution in [0.25, 0.3) is 0 Å². The van der Waals surface area contributed by atoms with Crippen LogP contribution in [0.4, 0.5) is 0 Å². The van der Waals surface area contributed by atoms with Crippen molar-refractivity contribution in [3.05, 3.63) is 15.6 Å². The number of nitrogens with one attached hydrogen (secondary N) is 1. The summed E-state index contributed by atoms with van der Waals surface area (Å²) < 4.78 is 23.1. The number of hydrogen-bond donors (Lipinski definition) is 1. The van der Waals surface area contributed by atoms with E-state index in [2.05, 4.69) is 24.1 Å². The van der Waals surface area contributed by atoms with Gasteiger partial charge in [-0.3, -0.25) is 0 Å². The van der Waals surface area contributed by atoms with Crippen LogP contribution in [0.1, 0.15) is 42.8 Å². The van der Waals surface area contributed by atoms with Crippen LogP contribution >= 0.6 is 11.3 Å². The van der Waals surface area contributed by atoms with Crippen molar-refractivity contribution in [3.63, 3.8) is 0 Å². The van der Waals surface area contributed by atoms with Crippen molar-refractivity contribution in [1.29, 1.82) is 0 Å². The van der Waals surface area contributed by atoms with Gasteiger partial charge in [0.2, 0.25) is 0 Å². The lowest BCUT2D eigenvalue weighted by Gasteiger charge is -2.09. The highest BCUT2D eigenvalue weighted by atomic mass is 32.2. The molecule has 0 amide bonds. The van der Waals surface area contributed by atoms with E-state index in [9.17, 15) is 8.42 Å². The van der Waals surface area contributed by atoms with Gasteiger partial charge in [-0.1, -0.05) is 13.8 Å². The van der Waals surface area contributed by atoms with Gasteiger partial charge in [-0.05, 0) is 20.3 Å². The van der Waals surface area contributed by atoms with Crippen LogP contribution < -0.4 is 5.32 Å². The van der Waals surface area contributed by atoms with E-state index in [-0.39, 0.29) is 11.5 Å². The molecule has 4 nitrogen and oxygen atoms in total. The predicted molar refractivity (Wildman–Crippen MR) is 76.6 cm³/mol. The molecule has 1 aromatic heterocycles. The Morgan fingerprint density at radius 3 is 2.61 bits per heavy atom. The number of aryl methyl sites for hydroxylation is 1. The molecule has 0 fully saturated rings. The van der Waals surface area contributed by atoms with Gasteiger partial charge < -0.3 is 5.32 Å². The van der Waals surface area contributed by atoms with Gasteiger partial charge in [0.15, 0.2) is 9.84 Å². The van der Waals surface area contributed by atoms with E-state index in [0.29, 0.717) is 11.0 Å². The molecular weight excluding hydrogens is 268 g/mol. The first-order valence-corrected chi connectivity index (χ1v) is 8.90. The number of hydrogen-bond acceptors (Lipinski definition) is 5. The zero-order valence-corrected chi connectivity index (χ0v) is 13.1. The molecule has 1 heterocycles. The fourth-order valence-corrected chi connectivity index (χ4v) is 3.65. The molecule has 0 aliphatic rings. The lowest BCUT2D eigenvalue weighted by molar-refractivity contribution is 0.536. The topological polar surface area (TPSA) is 59.1 Å². The second kappa shape index (κ2) is 6.63. The van der Waals surface area contributed by atoms with Crippen LogP contribution in [0.3, 0.4) is 0 Å². The molecule has 0 aromatic carbocycles. The van der Waals surface area contributed by atoms with Gasteiger partial charge >= 0.3 is 0 Å². The fourth-order valence-electron chi connectivity index (χ4n) is 1.42. The first-order valence-electron chi connectivity index (χ1n) is 6.27. The quantitative estimate of drug-likeness (QED) is 0.837. The van der Waals surface area contributed by atoms with Crippen LogP contribution in [0.5, 0.6) is 0 Å². The summed E-state index contributed by atoms with van der Waals surface area (Å²) >= 11 is 1.50. The second-order valence-electron chi connectivity index (χ2n) is 4.48. The molecular formula is C12H22N2O2S2. The van der Waals surface area contributed by atoms with Crippen molar-refractivity contribution in [3.8, 4) is 0 Å². The number of aromatic nitrogens is 1. The highest BCUT2D eigenvalue weighted by Crippen LogP contribution is 2.20. The Bertz CT molecular complexity index is 480. The molecule has 18 heavy (non-hydrogen) atoms. The van der Waals surface area contributed by atoms with E-state index in [4.69, 9.17) is 0 Å². The molecule has 1 unspecified atom stereocenters. The van der Waals surface area contributed by atoms with Crippen molar-refractivity contribution in [2.24, 2.45) is 0 Å². The molecule has 0 spiro atoms. The summed E-state index contributed by atoms with van der Waals surface area (Å²) in [5.41, 5.74) is 0.942. The number of sulfone groups is 1. The Balaban J connectivity index is 2.70. The van der Waals surface area contributed by atoms with Crippen molar-refractivity contribution in [2.45, 2.75) is 52.5 Å². The minimum Gasteiger partial charge on any atom is -0.309 e. The number of thiazole rings is 1. The summed E-state index contributed by atoms with van der Waals surface area (Å²) in [5, 5.41) is 4.10. The van der Waals surface area contributed by atoms with E-state index in [1.807, 2.05) is 6.92 Å². The highest BCUT2D eigenvalue weighted by Gasteiger charge is 2.14. The summed E-state index contributed by atoms with van der Waals surface area (Å²) in [5.74, 6) is 0.240. The summed E-state index contributed by atoms with van der Waals surface area (Å²) in [6.45, 7) is 8.65. The smallest absolute Gasteiger partial charge is 0.156 e. The molecule has 1 atom stereocenters. The second-order valence-corrected chi connectivity index (χ2v) is 8.00. The lowest BCUT2D eigenvalue weighted by atomic mass is 10.2. The summed E-state index contributed by atoms with van der Waals surface area (Å²) in [6.07, 6.45) is 1.08. The molecule has 0 saturated carbocycles. The van der Waals surface area contributed by atoms with Crippen molar-refractivity contribution < 1.29 is 8.42 Å². The molecule has 1 aromatic rings. The molecule has 104 valence electrons. The Morgan fingerprint density at radius 1 is 1.39 bits per heavy atom. The van der Waals surface area contributed by atoms with Crippen molar-refractivity contribution >= 4 is 21.2 Å². The standard InChI is InChI=1S/C12H22N2O2S2/c1-5-9(3)13-7-11-10(4)14-12(17-11)8-18(15,16)6-2/h9,13H,5-8H2,1-4H3. The SMILES string of the molecule is CCC(C)NCc1sc(CS(=O)(=O)CC)nc1C. The maximum atomic E-state index is 11.6.